The molecule has 1 aliphatic rings. The molecule has 0 amide bonds. The van der Waals surface area contributed by atoms with Gasteiger partial charge in [0.05, 0.1) is 36.5 Å². The van der Waals surface area contributed by atoms with E-state index in [1.54, 1.807) is 6.33 Å². The molecule has 3 N–H and O–H groups in total. The molecule has 0 radical (unpaired) electrons. The summed E-state index contributed by atoms with van der Waals surface area (Å²) >= 11 is 0. The van der Waals surface area contributed by atoms with E-state index in [2.05, 4.69) is 20.9 Å². The Morgan fingerprint density at radius 2 is 2.33 bits per heavy atom. The van der Waals surface area contributed by atoms with E-state index in [1.165, 1.54) is 0 Å². The van der Waals surface area contributed by atoms with Gasteiger partial charge in [-0.15, -0.1) is 0 Å². The van der Waals surface area contributed by atoms with Crippen molar-refractivity contribution in [2.45, 2.75) is 6.04 Å². The van der Waals surface area contributed by atoms with Crippen LogP contribution in [-0.4, -0.2) is 29.7 Å². The van der Waals surface area contributed by atoms with E-state index in [4.69, 9.17) is 10.5 Å². The second-order valence-electron chi connectivity index (χ2n) is 4.27. The molecule has 5 nitrogen and oxygen atoms in total. The van der Waals surface area contributed by atoms with Gasteiger partial charge in [0.15, 0.2) is 0 Å². The zero-order chi connectivity index (χ0) is 12.4. The first-order chi connectivity index (χ1) is 8.90. The third-order valence-electron chi connectivity index (χ3n) is 3.24. The van der Waals surface area contributed by atoms with Gasteiger partial charge in [-0.3, -0.25) is 0 Å². The third kappa shape index (κ3) is 1.82. The van der Waals surface area contributed by atoms with E-state index < -0.39 is 0 Å². The van der Waals surface area contributed by atoms with Crippen molar-refractivity contribution in [3.8, 4) is 5.75 Å². The average molecular weight is 244 g/mol. The van der Waals surface area contributed by atoms with Crippen molar-refractivity contribution >= 4 is 5.69 Å². The molecule has 1 atom stereocenters. The van der Waals surface area contributed by atoms with Crippen LogP contribution in [-0.2, 0) is 0 Å². The minimum absolute atomic E-state index is 0.109. The fraction of sp³-hybridized carbons (Fsp3) is 0.308. The molecule has 0 saturated carbocycles. The summed E-state index contributed by atoms with van der Waals surface area (Å²) in [6, 6.07) is 8.16. The molecule has 0 fully saturated rings. The molecule has 18 heavy (non-hydrogen) atoms. The Morgan fingerprint density at radius 3 is 3.11 bits per heavy atom. The van der Waals surface area contributed by atoms with E-state index >= 15 is 0 Å². The molecule has 94 valence electrons. The molecule has 5 heteroatoms. The number of aromatic amines is 1. The van der Waals surface area contributed by atoms with Gasteiger partial charge in [-0.1, -0.05) is 12.1 Å². The molecular weight excluding hydrogens is 228 g/mol. The Bertz CT molecular complexity index is 511. The van der Waals surface area contributed by atoms with E-state index in [0.29, 0.717) is 13.2 Å². The van der Waals surface area contributed by atoms with E-state index in [9.17, 15) is 0 Å². The summed E-state index contributed by atoms with van der Waals surface area (Å²) < 4.78 is 5.66. The maximum absolute atomic E-state index is 5.92. The van der Waals surface area contributed by atoms with Crippen molar-refractivity contribution < 1.29 is 4.74 Å². The lowest BCUT2D eigenvalue weighted by atomic mass is 10.1. The van der Waals surface area contributed by atoms with Crippen molar-refractivity contribution in [2.24, 2.45) is 5.73 Å². The minimum Gasteiger partial charge on any atom is -0.490 e. The number of anilines is 1. The molecule has 0 aliphatic carbocycles. The van der Waals surface area contributed by atoms with Crippen LogP contribution in [0.1, 0.15) is 11.7 Å². The van der Waals surface area contributed by atoms with Gasteiger partial charge in [0, 0.05) is 6.54 Å². The molecule has 1 aromatic heterocycles. The number of fused-ring (bicyclic) bond motifs is 1. The van der Waals surface area contributed by atoms with Gasteiger partial charge in [-0.05, 0) is 12.1 Å². The van der Waals surface area contributed by atoms with Crippen LogP contribution in [0.25, 0.3) is 0 Å². The Labute approximate surface area is 106 Å². The molecule has 1 aliphatic heterocycles. The van der Waals surface area contributed by atoms with Gasteiger partial charge in [0.25, 0.3) is 0 Å². The largest absolute Gasteiger partial charge is 0.490 e. The Hall–Kier alpha value is -2.01. The van der Waals surface area contributed by atoms with Crippen LogP contribution in [0.15, 0.2) is 36.8 Å². The van der Waals surface area contributed by atoms with E-state index in [0.717, 1.165) is 23.7 Å². The first kappa shape index (κ1) is 11.1. The maximum atomic E-state index is 5.92. The van der Waals surface area contributed by atoms with Gasteiger partial charge in [0.2, 0.25) is 0 Å². The molecule has 2 heterocycles. The highest BCUT2D eigenvalue weighted by Gasteiger charge is 2.25. The number of aromatic nitrogens is 2. The Balaban J connectivity index is 1.97. The van der Waals surface area contributed by atoms with Gasteiger partial charge in [0.1, 0.15) is 12.4 Å². The number of H-pyrrole nitrogens is 1. The number of benzene rings is 1. The third-order valence-corrected chi connectivity index (χ3v) is 3.24. The number of nitrogens with zero attached hydrogens (tertiary/aromatic N) is 2. The lowest BCUT2D eigenvalue weighted by Gasteiger charge is -2.36. The maximum Gasteiger partial charge on any atom is 0.142 e. The van der Waals surface area contributed by atoms with Gasteiger partial charge in [-0.25, -0.2) is 4.98 Å². The van der Waals surface area contributed by atoms with Crippen LogP contribution in [0.4, 0.5) is 5.69 Å². The van der Waals surface area contributed by atoms with Crippen LogP contribution in [0.3, 0.4) is 0 Å². The monoisotopic (exact) mass is 244 g/mol. The van der Waals surface area contributed by atoms with E-state index in [-0.39, 0.29) is 6.04 Å². The molecule has 0 spiro atoms. The van der Waals surface area contributed by atoms with Crippen molar-refractivity contribution in [3.05, 3.63) is 42.5 Å². The summed E-state index contributed by atoms with van der Waals surface area (Å²) in [6.07, 6.45) is 3.51. The van der Waals surface area contributed by atoms with Crippen LogP contribution in [0.5, 0.6) is 5.75 Å². The number of hydrogen-bond acceptors (Lipinski definition) is 4. The van der Waals surface area contributed by atoms with Crippen molar-refractivity contribution in [1.29, 1.82) is 0 Å². The number of rotatable bonds is 3. The number of nitrogens with one attached hydrogen (secondary N) is 1. The predicted octanol–water partition coefficient (Wildman–Crippen LogP) is 1.31. The summed E-state index contributed by atoms with van der Waals surface area (Å²) in [5, 5.41) is 0. The lowest BCUT2D eigenvalue weighted by Crippen LogP contribution is -2.39. The Kier molecular flexibility index (Phi) is 2.90. The SMILES string of the molecule is NC[C@H](c1cnc[nH]1)N1CCOc2ccccc21. The highest BCUT2D eigenvalue weighted by atomic mass is 16.5. The van der Waals surface area contributed by atoms with Crippen molar-refractivity contribution in [3.63, 3.8) is 0 Å². The molecule has 3 rings (SSSR count). The fourth-order valence-corrected chi connectivity index (χ4v) is 2.39. The van der Waals surface area contributed by atoms with Gasteiger partial charge < -0.3 is 20.4 Å². The number of ether oxygens (including phenoxy) is 1. The first-order valence-electron chi connectivity index (χ1n) is 6.07. The van der Waals surface area contributed by atoms with Crippen LogP contribution in [0, 0.1) is 0 Å². The smallest absolute Gasteiger partial charge is 0.142 e. The second kappa shape index (κ2) is 4.70. The quantitative estimate of drug-likeness (QED) is 0.854. The van der Waals surface area contributed by atoms with Gasteiger partial charge in [-0.2, -0.15) is 0 Å². The lowest BCUT2D eigenvalue weighted by molar-refractivity contribution is 0.300. The number of imidazole rings is 1. The summed E-state index contributed by atoms with van der Waals surface area (Å²) in [5.74, 6) is 0.918. The van der Waals surface area contributed by atoms with Crippen LogP contribution < -0.4 is 15.4 Å². The van der Waals surface area contributed by atoms with Gasteiger partial charge >= 0.3 is 0 Å². The average Bonchev–Trinajstić information content (AvgIpc) is 2.94. The number of para-hydroxylation sites is 2. The predicted molar refractivity (Wildman–Crippen MR) is 69.7 cm³/mol. The summed E-state index contributed by atoms with van der Waals surface area (Å²) in [5.41, 5.74) is 8.05. The molecular formula is C13H16N4O. The molecule has 1 aromatic carbocycles. The zero-order valence-corrected chi connectivity index (χ0v) is 10.0. The number of hydrogen-bond donors (Lipinski definition) is 2. The molecule has 0 bridgehead atoms. The second-order valence-corrected chi connectivity index (χ2v) is 4.27. The molecule has 0 saturated heterocycles. The Morgan fingerprint density at radius 1 is 1.44 bits per heavy atom. The highest BCUT2D eigenvalue weighted by Crippen LogP contribution is 2.35. The molecule has 2 aromatic rings. The number of nitrogens with two attached hydrogens (primary N) is 1. The summed E-state index contributed by atoms with van der Waals surface area (Å²) in [4.78, 5) is 9.49. The first-order valence-corrected chi connectivity index (χ1v) is 6.07. The van der Waals surface area contributed by atoms with Crippen LogP contribution >= 0.6 is 0 Å². The standard InChI is InChI=1S/C13H16N4O/c14-7-12(10-8-15-9-16-10)17-5-6-18-13-4-2-1-3-11(13)17/h1-4,8-9,12H,5-7,14H2,(H,15,16)/t12-/m1/s1. The summed E-state index contributed by atoms with van der Waals surface area (Å²) in [7, 11) is 0. The normalized spacial score (nSPS) is 15.9. The molecule has 0 unspecified atom stereocenters. The topological polar surface area (TPSA) is 67.2 Å². The zero-order valence-electron chi connectivity index (χ0n) is 10.0. The van der Waals surface area contributed by atoms with Crippen molar-refractivity contribution in [1.82, 2.24) is 9.97 Å². The summed E-state index contributed by atoms with van der Waals surface area (Å²) in [6.45, 7) is 2.05. The van der Waals surface area contributed by atoms with Crippen molar-refractivity contribution in [2.75, 3.05) is 24.6 Å². The van der Waals surface area contributed by atoms with Crippen LogP contribution in [0.2, 0.25) is 0 Å². The fourth-order valence-electron chi connectivity index (χ4n) is 2.39. The van der Waals surface area contributed by atoms with E-state index in [1.807, 2.05) is 24.4 Å². The highest BCUT2D eigenvalue weighted by molar-refractivity contribution is 5.60. The minimum atomic E-state index is 0.109.